The summed E-state index contributed by atoms with van der Waals surface area (Å²) in [6.07, 6.45) is 4.08. The Kier molecular flexibility index (Phi) is 6.74. The number of hydrogen-bond donors (Lipinski definition) is 2. The molecular formula is C27H26N4O3S. The lowest BCUT2D eigenvalue weighted by molar-refractivity contribution is 0.0957. The summed E-state index contributed by atoms with van der Waals surface area (Å²) in [5, 5.41) is 7.35. The van der Waals surface area contributed by atoms with Crippen LogP contribution in [-0.2, 0) is 6.54 Å². The molecule has 0 saturated carbocycles. The van der Waals surface area contributed by atoms with E-state index in [-0.39, 0.29) is 17.5 Å². The van der Waals surface area contributed by atoms with Crippen molar-refractivity contribution >= 4 is 38.2 Å². The zero-order valence-corrected chi connectivity index (χ0v) is 20.2. The van der Waals surface area contributed by atoms with Gasteiger partial charge in [-0.2, -0.15) is 0 Å². The molecule has 8 heteroatoms. The summed E-state index contributed by atoms with van der Waals surface area (Å²) < 4.78 is 6.92. The maximum atomic E-state index is 12.8. The Balaban J connectivity index is 1.25. The van der Waals surface area contributed by atoms with Gasteiger partial charge in [-0.1, -0.05) is 12.1 Å². The number of amides is 2. The van der Waals surface area contributed by atoms with Gasteiger partial charge in [0, 0.05) is 36.1 Å². The van der Waals surface area contributed by atoms with Crippen LogP contribution in [-0.4, -0.2) is 41.8 Å². The third-order valence-corrected chi connectivity index (χ3v) is 6.99. The standard InChI is InChI=1S/C27H26N4O3S/c1-28-27(33)23-15-22(10-11-29-23)34-21-9-8-20-14-25(35-24(20)16-21)30-26(32)19-6-4-18(5-7-19)17-31-12-2-3-13-31/h4-11,14-16H,2-3,12-13,17H2,1H3,(H,28,33)(H,30,32). The van der Waals surface area contributed by atoms with Crippen LogP contribution in [0.1, 0.15) is 39.3 Å². The molecule has 2 aromatic heterocycles. The molecule has 7 nitrogen and oxygen atoms in total. The average Bonchev–Trinajstić information content (AvgIpc) is 3.53. The number of fused-ring (bicyclic) bond motifs is 1. The second-order valence-corrected chi connectivity index (χ2v) is 9.59. The maximum absolute atomic E-state index is 12.8. The summed E-state index contributed by atoms with van der Waals surface area (Å²) in [5.74, 6) is 0.765. The molecule has 5 rings (SSSR count). The van der Waals surface area contributed by atoms with Gasteiger partial charge < -0.3 is 15.4 Å². The first-order chi connectivity index (χ1) is 17.1. The van der Waals surface area contributed by atoms with Gasteiger partial charge in [0.15, 0.2) is 0 Å². The van der Waals surface area contributed by atoms with Crippen molar-refractivity contribution in [3.63, 3.8) is 0 Å². The maximum Gasteiger partial charge on any atom is 0.269 e. The monoisotopic (exact) mass is 486 g/mol. The van der Waals surface area contributed by atoms with E-state index in [4.69, 9.17) is 4.74 Å². The number of benzene rings is 2. The number of likely N-dealkylation sites (tertiary alicyclic amines) is 1. The van der Waals surface area contributed by atoms with Crippen LogP contribution in [0.25, 0.3) is 10.1 Å². The largest absolute Gasteiger partial charge is 0.457 e. The van der Waals surface area contributed by atoms with Crippen molar-refractivity contribution in [3.05, 3.63) is 83.7 Å². The summed E-state index contributed by atoms with van der Waals surface area (Å²) >= 11 is 1.49. The van der Waals surface area contributed by atoms with Crippen molar-refractivity contribution in [1.29, 1.82) is 0 Å². The van der Waals surface area contributed by atoms with Crippen molar-refractivity contribution in [2.75, 3.05) is 25.5 Å². The van der Waals surface area contributed by atoms with Crippen molar-refractivity contribution in [2.45, 2.75) is 19.4 Å². The van der Waals surface area contributed by atoms with Crippen LogP contribution >= 0.6 is 11.3 Å². The van der Waals surface area contributed by atoms with E-state index in [0.29, 0.717) is 17.1 Å². The Bertz CT molecular complexity index is 1360. The highest BCUT2D eigenvalue weighted by molar-refractivity contribution is 7.23. The predicted molar refractivity (Wildman–Crippen MR) is 138 cm³/mol. The molecule has 1 saturated heterocycles. The molecule has 0 atom stereocenters. The Morgan fingerprint density at radius 1 is 0.971 bits per heavy atom. The summed E-state index contributed by atoms with van der Waals surface area (Å²) in [5.41, 5.74) is 2.16. The quantitative estimate of drug-likeness (QED) is 0.371. The molecule has 0 bridgehead atoms. The zero-order chi connectivity index (χ0) is 24.2. The molecule has 1 aliphatic rings. The number of carbonyl (C=O) groups excluding carboxylic acids is 2. The van der Waals surface area contributed by atoms with Crippen LogP contribution in [0.3, 0.4) is 0 Å². The Labute approximate surface area is 207 Å². The summed E-state index contributed by atoms with van der Waals surface area (Å²) in [4.78, 5) is 31.1. The molecule has 2 N–H and O–H groups in total. The number of carbonyl (C=O) groups is 2. The average molecular weight is 487 g/mol. The van der Waals surface area contributed by atoms with Crippen molar-refractivity contribution in [1.82, 2.24) is 15.2 Å². The van der Waals surface area contributed by atoms with E-state index < -0.39 is 0 Å². The first-order valence-corrected chi connectivity index (χ1v) is 12.4. The minimum absolute atomic E-state index is 0.126. The molecular weight excluding hydrogens is 460 g/mol. The van der Waals surface area contributed by atoms with E-state index in [1.165, 1.54) is 35.9 Å². The lowest BCUT2D eigenvalue weighted by atomic mass is 10.1. The Morgan fingerprint density at radius 3 is 2.51 bits per heavy atom. The summed E-state index contributed by atoms with van der Waals surface area (Å²) in [6, 6.07) is 18.8. The molecule has 0 aliphatic carbocycles. The van der Waals surface area contributed by atoms with Crippen LogP contribution in [0.4, 0.5) is 5.00 Å². The number of nitrogens with one attached hydrogen (secondary N) is 2. The molecule has 178 valence electrons. The van der Waals surface area contributed by atoms with Gasteiger partial charge in [0.05, 0.1) is 5.00 Å². The van der Waals surface area contributed by atoms with Crippen LogP contribution in [0.2, 0.25) is 0 Å². The van der Waals surface area contributed by atoms with Gasteiger partial charge >= 0.3 is 0 Å². The molecule has 1 aliphatic heterocycles. The number of anilines is 1. The van der Waals surface area contributed by atoms with Gasteiger partial charge in [-0.05, 0) is 79.3 Å². The fraction of sp³-hybridized carbons (Fsp3) is 0.222. The third-order valence-electron chi connectivity index (χ3n) is 5.98. The molecule has 4 aromatic rings. The van der Waals surface area contributed by atoms with Crippen molar-refractivity contribution in [2.24, 2.45) is 0 Å². The SMILES string of the molecule is CNC(=O)c1cc(Oc2ccc3cc(NC(=O)c4ccc(CN5CCCC5)cc4)sc3c2)ccn1. The van der Waals surface area contributed by atoms with Crippen LogP contribution in [0.5, 0.6) is 11.5 Å². The van der Waals surface area contributed by atoms with Gasteiger partial charge in [-0.3, -0.25) is 19.5 Å². The van der Waals surface area contributed by atoms with Crippen molar-refractivity contribution in [3.8, 4) is 11.5 Å². The highest BCUT2D eigenvalue weighted by Gasteiger charge is 2.13. The van der Waals surface area contributed by atoms with Crippen molar-refractivity contribution < 1.29 is 14.3 Å². The van der Waals surface area contributed by atoms with Gasteiger partial charge in [0.2, 0.25) is 0 Å². The fourth-order valence-electron chi connectivity index (χ4n) is 4.14. The van der Waals surface area contributed by atoms with Crippen LogP contribution in [0.15, 0.2) is 66.9 Å². The molecule has 2 amide bonds. The molecule has 35 heavy (non-hydrogen) atoms. The Morgan fingerprint density at radius 2 is 1.74 bits per heavy atom. The summed E-state index contributed by atoms with van der Waals surface area (Å²) in [7, 11) is 1.56. The molecule has 0 unspecified atom stereocenters. The number of nitrogens with zero attached hydrogens (tertiary/aromatic N) is 2. The first kappa shape index (κ1) is 23.0. The predicted octanol–water partition coefficient (Wildman–Crippen LogP) is 5.30. The lowest BCUT2D eigenvalue weighted by Crippen LogP contribution is -2.18. The minimum atomic E-state index is -0.272. The summed E-state index contributed by atoms with van der Waals surface area (Å²) in [6.45, 7) is 3.25. The van der Waals surface area contributed by atoms with E-state index in [2.05, 4.69) is 20.5 Å². The number of hydrogen-bond acceptors (Lipinski definition) is 6. The van der Waals surface area contributed by atoms with Crippen LogP contribution in [0, 0.1) is 0 Å². The van der Waals surface area contributed by atoms with E-state index in [1.54, 1.807) is 19.2 Å². The lowest BCUT2D eigenvalue weighted by Gasteiger charge is -2.14. The molecule has 3 heterocycles. The zero-order valence-electron chi connectivity index (χ0n) is 19.4. The van der Waals surface area contributed by atoms with Crippen LogP contribution < -0.4 is 15.4 Å². The normalized spacial score (nSPS) is 13.6. The second kappa shape index (κ2) is 10.2. The molecule has 0 spiro atoms. The van der Waals surface area contributed by atoms with E-state index in [9.17, 15) is 9.59 Å². The highest BCUT2D eigenvalue weighted by Crippen LogP contribution is 2.34. The molecule has 2 aromatic carbocycles. The third kappa shape index (κ3) is 5.50. The number of thiophene rings is 1. The Hall–Kier alpha value is -3.75. The number of pyridine rings is 1. The molecule has 1 fully saturated rings. The molecule has 0 radical (unpaired) electrons. The fourth-order valence-corrected chi connectivity index (χ4v) is 5.13. The number of ether oxygens (including phenoxy) is 1. The number of aromatic nitrogens is 1. The minimum Gasteiger partial charge on any atom is -0.457 e. The van der Waals surface area contributed by atoms with Gasteiger partial charge in [-0.15, -0.1) is 11.3 Å². The van der Waals surface area contributed by atoms with Gasteiger partial charge in [-0.25, -0.2) is 0 Å². The number of rotatable bonds is 7. The topological polar surface area (TPSA) is 83.6 Å². The van der Waals surface area contributed by atoms with Gasteiger partial charge in [0.25, 0.3) is 11.8 Å². The first-order valence-electron chi connectivity index (χ1n) is 11.6. The van der Waals surface area contributed by atoms with Gasteiger partial charge in [0.1, 0.15) is 17.2 Å². The smallest absolute Gasteiger partial charge is 0.269 e. The highest BCUT2D eigenvalue weighted by atomic mass is 32.1. The van der Waals surface area contributed by atoms with E-state index in [0.717, 1.165) is 34.7 Å². The second-order valence-electron chi connectivity index (χ2n) is 8.50. The van der Waals surface area contributed by atoms with E-state index >= 15 is 0 Å². The van der Waals surface area contributed by atoms with E-state index in [1.807, 2.05) is 48.5 Å².